The van der Waals surface area contributed by atoms with Crippen LogP contribution in [-0.2, 0) is 6.42 Å². The summed E-state index contributed by atoms with van der Waals surface area (Å²) >= 11 is 1.63. The van der Waals surface area contributed by atoms with E-state index in [1.54, 1.807) is 23.7 Å². The Morgan fingerprint density at radius 1 is 1.19 bits per heavy atom. The Kier molecular flexibility index (Phi) is 2.29. The molecule has 3 nitrogen and oxygen atoms in total. The molecule has 0 saturated heterocycles. The molecule has 0 fully saturated rings. The zero-order valence-corrected chi connectivity index (χ0v) is 9.46. The van der Waals surface area contributed by atoms with Gasteiger partial charge in [-0.15, -0.1) is 11.3 Å². The lowest BCUT2D eigenvalue weighted by Crippen LogP contribution is -2.08. The van der Waals surface area contributed by atoms with Gasteiger partial charge in [-0.3, -0.25) is 9.78 Å². The van der Waals surface area contributed by atoms with E-state index in [9.17, 15) is 4.79 Å². The van der Waals surface area contributed by atoms with Crippen molar-refractivity contribution in [3.8, 4) is 10.6 Å². The number of nitrogens with zero attached hydrogens (tertiary/aromatic N) is 2. The van der Waals surface area contributed by atoms with Crippen LogP contribution in [0.1, 0.15) is 28.2 Å². The van der Waals surface area contributed by atoms with E-state index in [0.29, 0.717) is 12.1 Å². The zero-order valence-electron chi connectivity index (χ0n) is 8.64. The van der Waals surface area contributed by atoms with Gasteiger partial charge in [0.1, 0.15) is 10.7 Å². The van der Waals surface area contributed by atoms with Crippen LogP contribution >= 0.6 is 11.3 Å². The highest BCUT2D eigenvalue weighted by molar-refractivity contribution is 7.15. The van der Waals surface area contributed by atoms with Crippen LogP contribution < -0.4 is 0 Å². The molecule has 0 aliphatic heterocycles. The number of ketones is 1. The first-order valence-corrected chi connectivity index (χ1v) is 6.09. The summed E-state index contributed by atoms with van der Waals surface area (Å²) in [6.07, 6.45) is 6.09. The molecule has 0 bridgehead atoms. The summed E-state index contributed by atoms with van der Waals surface area (Å²) in [4.78, 5) is 21.2. The monoisotopic (exact) mass is 230 g/mol. The molecule has 0 saturated carbocycles. The summed E-state index contributed by atoms with van der Waals surface area (Å²) in [5, 5.41) is 0.933. The average Bonchev–Trinajstić information content (AvgIpc) is 2.76. The third-order valence-corrected chi connectivity index (χ3v) is 3.86. The molecule has 2 aromatic rings. The number of pyridine rings is 1. The summed E-state index contributed by atoms with van der Waals surface area (Å²) in [5.41, 5.74) is 1.74. The number of Topliss-reactive ketones (excluding diaryl/α,β-unsaturated/α-hetero) is 1. The third kappa shape index (κ3) is 1.55. The molecule has 1 aliphatic carbocycles. The number of aryl methyl sites for hydroxylation is 1. The molecule has 0 unspecified atom stereocenters. The van der Waals surface area contributed by atoms with Crippen molar-refractivity contribution < 1.29 is 4.79 Å². The van der Waals surface area contributed by atoms with E-state index in [0.717, 1.165) is 28.3 Å². The number of hydrogen-bond acceptors (Lipinski definition) is 4. The zero-order chi connectivity index (χ0) is 11.0. The molecule has 2 aromatic heterocycles. The highest BCUT2D eigenvalue weighted by atomic mass is 32.1. The first-order chi connectivity index (χ1) is 7.84. The first kappa shape index (κ1) is 9.66. The largest absolute Gasteiger partial charge is 0.292 e. The van der Waals surface area contributed by atoms with Crippen LogP contribution in [0.25, 0.3) is 10.6 Å². The Bertz CT molecular complexity index is 533. The lowest BCUT2D eigenvalue weighted by atomic mass is 10.0. The predicted octanol–water partition coefficient (Wildman–Crippen LogP) is 2.72. The lowest BCUT2D eigenvalue weighted by Gasteiger charge is -2.06. The minimum absolute atomic E-state index is 0.192. The van der Waals surface area contributed by atoms with E-state index in [4.69, 9.17) is 0 Å². The fourth-order valence-electron chi connectivity index (χ4n) is 1.88. The summed E-state index contributed by atoms with van der Waals surface area (Å²) in [5.74, 6) is 0.192. The van der Waals surface area contributed by atoms with E-state index < -0.39 is 0 Å². The molecular weight excluding hydrogens is 220 g/mol. The van der Waals surface area contributed by atoms with Gasteiger partial charge < -0.3 is 0 Å². The van der Waals surface area contributed by atoms with Crippen LogP contribution in [0.3, 0.4) is 0 Å². The summed E-state index contributed by atoms with van der Waals surface area (Å²) in [7, 11) is 0. The topological polar surface area (TPSA) is 42.9 Å². The molecule has 16 heavy (non-hydrogen) atoms. The number of thiazole rings is 1. The normalized spacial score (nSPS) is 14.9. The van der Waals surface area contributed by atoms with Gasteiger partial charge >= 0.3 is 0 Å². The molecule has 0 N–H and O–H groups in total. The summed E-state index contributed by atoms with van der Waals surface area (Å²) < 4.78 is 0. The van der Waals surface area contributed by atoms with Crippen LogP contribution in [0.4, 0.5) is 0 Å². The van der Waals surface area contributed by atoms with Crippen molar-refractivity contribution >= 4 is 17.1 Å². The van der Waals surface area contributed by atoms with E-state index in [1.165, 1.54) is 0 Å². The average molecular weight is 230 g/mol. The molecule has 4 heteroatoms. The van der Waals surface area contributed by atoms with Gasteiger partial charge in [0, 0.05) is 29.3 Å². The van der Waals surface area contributed by atoms with Crippen molar-refractivity contribution in [2.45, 2.75) is 19.3 Å². The molecule has 0 amide bonds. The second-order valence-electron chi connectivity index (χ2n) is 3.80. The fourth-order valence-corrected chi connectivity index (χ4v) is 3.01. The number of aromatic nitrogens is 2. The van der Waals surface area contributed by atoms with Crippen molar-refractivity contribution in [1.82, 2.24) is 9.97 Å². The molecule has 3 rings (SSSR count). The molecule has 0 atom stereocenters. The standard InChI is InChI=1S/C12H10N2OS/c15-9-2-1-3-10-11(9)14-12(16-10)8-4-6-13-7-5-8/h4-7H,1-3H2. The van der Waals surface area contributed by atoms with Crippen molar-refractivity contribution in [1.29, 1.82) is 0 Å². The fraction of sp³-hybridized carbons (Fsp3) is 0.250. The Morgan fingerprint density at radius 2 is 2.00 bits per heavy atom. The van der Waals surface area contributed by atoms with Crippen molar-refractivity contribution in [3.63, 3.8) is 0 Å². The van der Waals surface area contributed by atoms with E-state index >= 15 is 0 Å². The summed E-state index contributed by atoms with van der Waals surface area (Å²) in [6.45, 7) is 0. The number of carbonyl (C=O) groups excluding carboxylic acids is 1. The molecule has 1 aliphatic rings. The second kappa shape index (κ2) is 3.79. The van der Waals surface area contributed by atoms with Crippen LogP contribution in [0.2, 0.25) is 0 Å². The molecule has 0 radical (unpaired) electrons. The maximum atomic E-state index is 11.7. The minimum atomic E-state index is 0.192. The molecule has 0 spiro atoms. The van der Waals surface area contributed by atoms with E-state index in [1.807, 2.05) is 12.1 Å². The molecule has 0 aromatic carbocycles. The Morgan fingerprint density at radius 3 is 2.75 bits per heavy atom. The maximum Gasteiger partial charge on any atom is 0.182 e. The van der Waals surface area contributed by atoms with Gasteiger partial charge in [0.2, 0.25) is 0 Å². The van der Waals surface area contributed by atoms with E-state index in [2.05, 4.69) is 9.97 Å². The Balaban J connectivity index is 2.08. The smallest absolute Gasteiger partial charge is 0.182 e. The lowest BCUT2D eigenvalue weighted by molar-refractivity contribution is 0.0968. The van der Waals surface area contributed by atoms with Crippen LogP contribution in [0, 0.1) is 0 Å². The SMILES string of the molecule is O=C1CCCc2sc(-c3ccncc3)nc21. The highest BCUT2D eigenvalue weighted by Crippen LogP contribution is 2.32. The van der Waals surface area contributed by atoms with Crippen molar-refractivity contribution in [3.05, 3.63) is 35.1 Å². The third-order valence-electron chi connectivity index (χ3n) is 2.70. The van der Waals surface area contributed by atoms with Gasteiger partial charge in [0.05, 0.1) is 0 Å². The molecule has 2 heterocycles. The van der Waals surface area contributed by atoms with Gasteiger partial charge in [0.15, 0.2) is 5.78 Å². The maximum absolute atomic E-state index is 11.7. The van der Waals surface area contributed by atoms with Gasteiger partial charge in [0.25, 0.3) is 0 Å². The van der Waals surface area contributed by atoms with Gasteiger partial charge in [-0.25, -0.2) is 4.98 Å². The summed E-state index contributed by atoms with van der Waals surface area (Å²) in [6, 6.07) is 3.85. The quantitative estimate of drug-likeness (QED) is 0.756. The first-order valence-electron chi connectivity index (χ1n) is 5.28. The van der Waals surface area contributed by atoms with Crippen LogP contribution in [-0.4, -0.2) is 15.8 Å². The van der Waals surface area contributed by atoms with Crippen LogP contribution in [0.15, 0.2) is 24.5 Å². The highest BCUT2D eigenvalue weighted by Gasteiger charge is 2.22. The van der Waals surface area contributed by atoms with E-state index in [-0.39, 0.29) is 5.78 Å². The number of rotatable bonds is 1. The number of hydrogen-bond donors (Lipinski definition) is 0. The molecular formula is C12H10N2OS. The van der Waals surface area contributed by atoms with Crippen molar-refractivity contribution in [2.24, 2.45) is 0 Å². The van der Waals surface area contributed by atoms with Gasteiger partial charge in [-0.1, -0.05) is 0 Å². The van der Waals surface area contributed by atoms with Crippen molar-refractivity contribution in [2.75, 3.05) is 0 Å². The number of fused-ring (bicyclic) bond motifs is 1. The van der Waals surface area contributed by atoms with Gasteiger partial charge in [-0.05, 0) is 25.0 Å². The predicted molar refractivity (Wildman–Crippen MR) is 62.6 cm³/mol. The number of carbonyl (C=O) groups is 1. The van der Waals surface area contributed by atoms with Gasteiger partial charge in [-0.2, -0.15) is 0 Å². The minimum Gasteiger partial charge on any atom is -0.292 e. The Labute approximate surface area is 97.2 Å². The second-order valence-corrected chi connectivity index (χ2v) is 4.89. The molecule has 80 valence electrons. The Hall–Kier alpha value is -1.55. The van der Waals surface area contributed by atoms with Crippen LogP contribution in [0.5, 0.6) is 0 Å².